The maximum atomic E-state index is 12.7. The number of nitrogens with one attached hydrogen (secondary N) is 2. The molecular formula is C19H27F3N4O3S. The number of hydrogen-bond acceptors (Lipinski definition) is 4. The number of fused-ring (bicyclic) bond motifs is 1. The van der Waals surface area contributed by atoms with Gasteiger partial charge in [-0.05, 0) is 55.7 Å². The van der Waals surface area contributed by atoms with E-state index in [0.29, 0.717) is 16.8 Å². The molecule has 1 aromatic rings. The molecule has 0 radical (unpaired) electrons. The SMILES string of the molecule is CN=C(NCc1c(O)ccc2c1CCCC2)NC1CCN(S(=O)(=O)C(F)(F)F)CC1. The molecule has 0 saturated carbocycles. The molecule has 0 amide bonds. The zero-order chi connectivity index (χ0) is 21.9. The van der Waals surface area contributed by atoms with E-state index in [4.69, 9.17) is 0 Å². The van der Waals surface area contributed by atoms with E-state index in [1.54, 1.807) is 13.1 Å². The van der Waals surface area contributed by atoms with Gasteiger partial charge < -0.3 is 15.7 Å². The molecule has 1 heterocycles. The Morgan fingerprint density at radius 1 is 1.23 bits per heavy atom. The Kier molecular flexibility index (Phi) is 6.81. The number of aromatic hydroxyl groups is 1. The predicted molar refractivity (Wildman–Crippen MR) is 108 cm³/mol. The topological polar surface area (TPSA) is 94.0 Å². The molecular weight excluding hydrogens is 421 g/mol. The third kappa shape index (κ3) is 4.83. The third-order valence-electron chi connectivity index (χ3n) is 5.71. The molecule has 1 aliphatic heterocycles. The monoisotopic (exact) mass is 448 g/mol. The Labute approximate surface area is 174 Å². The summed E-state index contributed by atoms with van der Waals surface area (Å²) in [4.78, 5) is 4.15. The molecule has 1 saturated heterocycles. The quantitative estimate of drug-likeness (QED) is 0.485. The summed E-state index contributed by atoms with van der Waals surface area (Å²) in [5.74, 6) is 0.684. The summed E-state index contributed by atoms with van der Waals surface area (Å²) in [5, 5.41) is 16.6. The van der Waals surface area contributed by atoms with E-state index in [0.717, 1.165) is 36.8 Å². The Hall–Kier alpha value is -2.01. The molecule has 1 aromatic carbocycles. The molecule has 1 aliphatic carbocycles. The molecule has 0 atom stereocenters. The van der Waals surface area contributed by atoms with Crippen LogP contribution in [0, 0.1) is 0 Å². The van der Waals surface area contributed by atoms with Crippen molar-refractivity contribution >= 4 is 16.0 Å². The van der Waals surface area contributed by atoms with E-state index in [1.807, 2.05) is 6.07 Å². The number of aliphatic imine (C=N–C) groups is 1. The van der Waals surface area contributed by atoms with Crippen molar-refractivity contribution in [3.05, 3.63) is 28.8 Å². The third-order valence-corrected chi connectivity index (χ3v) is 7.34. The molecule has 0 aromatic heterocycles. The van der Waals surface area contributed by atoms with Crippen molar-refractivity contribution in [2.45, 2.75) is 56.6 Å². The summed E-state index contributed by atoms with van der Waals surface area (Å²) in [5.41, 5.74) is -2.03. The van der Waals surface area contributed by atoms with Crippen LogP contribution in [0.15, 0.2) is 17.1 Å². The van der Waals surface area contributed by atoms with Gasteiger partial charge in [0.1, 0.15) is 5.75 Å². The smallest absolute Gasteiger partial charge is 0.508 e. The van der Waals surface area contributed by atoms with E-state index < -0.39 is 15.5 Å². The van der Waals surface area contributed by atoms with Gasteiger partial charge in [0.2, 0.25) is 0 Å². The zero-order valence-electron chi connectivity index (χ0n) is 16.8. The Morgan fingerprint density at radius 3 is 2.53 bits per heavy atom. The minimum Gasteiger partial charge on any atom is -0.508 e. The van der Waals surface area contributed by atoms with Crippen LogP contribution in [-0.2, 0) is 29.4 Å². The Morgan fingerprint density at radius 2 is 1.90 bits per heavy atom. The van der Waals surface area contributed by atoms with E-state index in [9.17, 15) is 26.7 Å². The van der Waals surface area contributed by atoms with E-state index in [-0.39, 0.29) is 37.7 Å². The maximum absolute atomic E-state index is 12.7. The Balaban J connectivity index is 1.57. The van der Waals surface area contributed by atoms with Gasteiger partial charge in [0.15, 0.2) is 5.96 Å². The van der Waals surface area contributed by atoms with Gasteiger partial charge in [0.25, 0.3) is 0 Å². The summed E-state index contributed by atoms with van der Waals surface area (Å²) in [7, 11) is -3.70. The first-order valence-corrected chi connectivity index (χ1v) is 11.4. The number of halogens is 3. The molecule has 1 fully saturated rings. The number of benzene rings is 1. The molecule has 0 spiro atoms. The number of guanidine groups is 1. The molecule has 3 N–H and O–H groups in total. The van der Waals surface area contributed by atoms with Crippen molar-refractivity contribution in [3.8, 4) is 5.75 Å². The van der Waals surface area contributed by atoms with Gasteiger partial charge in [-0.15, -0.1) is 0 Å². The molecule has 7 nitrogen and oxygen atoms in total. The molecule has 0 unspecified atom stereocenters. The zero-order valence-corrected chi connectivity index (χ0v) is 17.6. The highest BCUT2D eigenvalue weighted by atomic mass is 32.2. The van der Waals surface area contributed by atoms with Crippen molar-refractivity contribution in [1.29, 1.82) is 0 Å². The average Bonchev–Trinajstić information content (AvgIpc) is 2.71. The summed E-state index contributed by atoms with van der Waals surface area (Å²) in [6.45, 7) is -0.0387. The number of aryl methyl sites for hydroxylation is 1. The highest BCUT2D eigenvalue weighted by Crippen LogP contribution is 2.31. The van der Waals surface area contributed by atoms with E-state index >= 15 is 0 Å². The second-order valence-electron chi connectivity index (χ2n) is 7.60. The standard InChI is InChI=1S/C19H27F3N4O3S/c1-23-18(24-12-16-15-5-3-2-4-13(15)6-7-17(16)27)25-14-8-10-26(11-9-14)30(28,29)19(20,21)22/h6-7,14,27H,2-5,8-12H2,1H3,(H2,23,24,25). The van der Waals surface area contributed by atoms with Crippen molar-refractivity contribution in [1.82, 2.24) is 14.9 Å². The molecule has 168 valence electrons. The first-order chi connectivity index (χ1) is 14.1. The van der Waals surface area contributed by atoms with Gasteiger partial charge >= 0.3 is 15.5 Å². The van der Waals surface area contributed by atoms with E-state index in [1.165, 1.54) is 5.56 Å². The summed E-state index contributed by atoms with van der Waals surface area (Å²) >= 11 is 0. The molecule has 30 heavy (non-hydrogen) atoms. The van der Waals surface area contributed by atoms with Crippen LogP contribution in [0.25, 0.3) is 0 Å². The first-order valence-electron chi connectivity index (χ1n) is 9.99. The lowest BCUT2D eigenvalue weighted by Gasteiger charge is -2.32. The van der Waals surface area contributed by atoms with Gasteiger partial charge in [-0.2, -0.15) is 17.5 Å². The van der Waals surface area contributed by atoms with Crippen LogP contribution in [-0.4, -0.2) is 55.5 Å². The second-order valence-corrected chi connectivity index (χ2v) is 9.53. The predicted octanol–water partition coefficient (Wildman–Crippen LogP) is 2.25. The number of piperidine rings is 1. The van der Waals surface area contributed by atoms with Crippen molar-refractivity contribution in [2.75, 3.05) is 20.1 Å². The lowest BCUT2D eigenvalue weighted by atomic mass is 9.88. The number of sulfonamides is 1. The minimum absolute atomic E-state index is 0.200. The molecule has 11 heteroatoms. The lowest BCUT2D eigenvalue weighted by molar-refractivity contribution is -0.0494. The van der Waals surface area contributed by atoms with Gasteiger partial charge in [-0.1, -0.05) is 6.07 Å². The van der Waals surface area contributed by atoms with Gasteiger partial charge in [-0.25, -0.2) is 8.42 Å². The van der Waals surface area contributed by atoms with Gasteiger partial charge in [0.05, 0.1) is 0 Å². The average molecular weight is 449 g/mol. The van der Waals surface area contributed by atoms with E-state index in [2.05, 4.69) is 15.6 Å². The van der Waals surface area contributed by atoms with Crippen LogP contribution >= 0.6 is 0 Å². The molecule has 2 aliphatic rings. The van der Waals surface area contributed by atoms with Crippen LogP contribution in [0.1, 0.15) is 42.4 Å². The molecule has 0 bridgehead atoms. The largest absolute Gasteiger partial charge is 0.511 e. The Bertz CT molecular complexity index is 895. The maximum Gasteiger partial charge on any atom is 0.511 e. The highest BCUT2D eigenvalue weighted by Gasteiger charge is 2.50. The first kappa shape index (κ1) is 22.7. The summed E-state index contributed by atoms with van der Waals surface area (Å²) in [6, 6.07) is 3.46. The van der Waals surface area contributed by atoms with Crippen LogP contribution < -0.4 is 10.6 Å². The van der Waals surface area contributed by atoms with Crippen LogP contribution in [0.4, 0.5) is 13.2 Å². The fourth-order valence-electron chi connectivity index (χ4n) is 4.04. The van der Waals surface area contributed by atoms with Crippen molar-refractivity contribution in [2.24, 2.45) is 4.99 Å². The van der Waals surface area contributed by atoms with Gasteiger partial charge in [0, 0.05) is 38.3 Å². The fourth-order valence-corrected chi connectivity index (χ4v) is 5.02. The van der Waals surface area contributed by atoms with Crippen LogP contribution in [0.5, 0.6) is 5.75 Å². The number of phenols is 1. The second kappa shape index (κ2) is 9.01. The normalized spacial score (nSPS) is 19.4. The summed E-state index contributed by atoms with van der Waals surface area (Å²) < 4.78 is 61.6. The lowest BCUT2D eigenvalue weighted by Crippen LogP contribution is -2.51. The van der Waals surface area contributed by atoms with Crippen LogP contribution in [0.2, 0.25) is 0 Å². The fraction of sp³-hybridized carbons (Fsp3) is 0.632. The number of hydrogen-bond donors (Lipinski definition) is 3. The summed E-state index contributed by atoms with van der Waals surface area (Å²) in [6.07, 6.45) is 4.60. The number of phenolic OH excluding ortho intramolecular Hbond substituents is 1. The van der Waals surface area contributed by atoms with Crippen molar-refractivity contribution in [3.63, 3.8) is 0 Å². The molecule has 3 rings (SSSR count). The van der Waals surface area contributed by atoms with Gasteiger partial charge in [-0.3, -0.25) is 4.99 Å². The number of rotatable bonds is 4. The minimum atomic E-state index is -5.28. The highest BCUT2D eigenvalue weighted by molar-refractivity contribution is 7.90. The van der Waals surface area contributed by atoms with Crippen molar-refractivity contribution < 1.29 is 26.7 Å². The van der Waals surface area contributed by atoms with Crippen LogP contribution in [0.3, 0.4) is 0 Å². The number of nitrogens with zero attached hydrogens (tertiary/aromatic N) is 2. The number of alkyl halides is 3.